The van der Waals surface area contributed by atoms with Crippen LogP contribution in [-0.4, -0.2) is 29.6 Å². The molecule has 0 fully saturated rings. The summed E-state index contributed by atoms with van der Waals surface area (Å²) in [5.41, 5.74) is 0. The van der Waals surface area contributed by atoms with Crippen LogP contribution in [0.2, 0.25) is 0 Å². The van der Waals surface area contributed by atoms with Gasteiger partial charge < -0.3 is 4.90 Å². The minimum absolute atomic E-state index is 0.0254. The summed E-state index contributed by atoms with van der Waals surface area (Å²) >= 11 is 1.59. The van der Waals surface area contributed by atoms with Crippen LogP contribution in [0.25, 0.3) is 0 Å². The molecule has 0 heterocycles. The van der Waals surface area contributed by atoms with Gasteiger partial charge in [-0.3, -0.25) is 4.79 Å². The van der Waals surface area contributed by atoms with Gasteiger partial charge in [0.05, 0.1) is 12.1 Å². The Hall–Kier alpha value is -1.98. The summed E-state index contributed by atoms with van der Waals surface area (Å²) in [6.07, 6.45) is 0.336. The lowest BCUT2D eigenvalue weighted by Crippen LogP contribution is -2.31. The fraction of sp³-hybridized carbons (Fsp3) is 0.308. The molecule has 0 unspecified atom stereocenters. The molecule has 0 aliphatic carbocycles. The Kier molecular flexibility index (Phi) is 6.38. The maximum atomic E-state index is 11.7. The van der Waals surface area contributed by atoms with Crippen molar-refractivity contribution in [3.8, 4) is 12.1 Å². The molecule has 18 heavy (non-hydrogen) atoms. The van der Waals surface area contributed by atoms with Crippen molar-refractivity contribution in [1.82, 2.24) is 4.90 Å². The van der Waals surface area contributed by atoms with Gasteiger partial charge >= 0.3 is 0 Å². The van der Waals surface area contributed by atoms with Crippen LogP contribution in [0.1, 0.15) is 6.42 Å². The molecule has 92 valence electrons. The number of thioether (sulfide) groups is 1. The van der Waals surface area contributed by atoms with Crippen LogP contribution in [0.15, 0.2) is 35.2 Å². The standard InChI is InChI=1S/C13H13N3OS/c14-7-9-16(10-8-15)13(17)6-11-18-12-4-2-1-3-5-12/h1-5H,6,9-11H2. The van der Waals surface area contributed by atoms with Crippen molar-refractivity contribution < 1.29 is 4.79 Å². The first-order valence-corrected chi connectivity index (χ1v) is 6.46. The second kappa shape index (κ2) is 8.16. The zero-order valence-electron chi connectivity index (χ0n) is 9.87. The average molecular weight is 259 g/mol. The third-order valence-corrected chi connectivity index (χ3v) is 3.22. The lowest BCUT2D eigenvalue weighted by molar-refractivity contribution is -0.129. The number of hydrogen-bond donors (Lipinski definition) is 0. The van der Waals surface area contributed by atoms with Crippen LogP contribution < -0.4 is 0 Å². The Morgan fingerprint density at radius 2 is 1.78 bits per heavy atom. The molecule has 1 aromatic rings. The van der Waals surface area contributed by atoms with Gasteiger partial charge in [-0.15, -0.1) is 11.8 Å². The number of amides is 1. The molecule has 0 atom stereocenters. The smallest absolute Gasteiger partial charge is 0.225 e. The summed E-state index contributed by atoms with van der Waals surface area (Å²) in [5.74, 6) is 0.498. The third-order valence-electron chi connectivity index (χ3n) is 2.20. The van der Waals surface area contributed by atoms with Crippen molar-refractivity contribution in [2.24, 2.45) is 0 Å². The maximum Gasteiger partial charge on any atom is 0.225 e. The van der Waals surface area contributed by atoms with Crippen molar-refractivity contribution in [1.29, 1.82) is 10.5 Å². The summed E-state index contributed by atoms with van der Waals surface area (Å²) < 4.78 is 0. The number of rotatable bonds is 6. The summed E-state index contributed by atoms with van der Waals surface area (Å²) in [4.78, 5) is 14.1. The molecule has 0 saturated heterocycles. The predicted octanol–water partition coefficient (Wildman–Crippen LogP) is 2.04. The molecule has 0 radical (unpaired) electrons. The monoisotopic (exact) mass is 259 g/mol. The van der Waals surface area contributed by atoms with Gasteiger partial charge in [0.15, 0.2) is 0 Å². The van der Waals surface area contributed by atoms with Crippen molar-refractivity contribution >= 4 is 17.7 Å². The highest BCUT2D eigenvalue weighted by Crippen LogP contribution is 2.18. The van der Waals surface area contributed by atoms with Crippen LogP contribution in [0.4, 0.5) is 0 Å². The third kappa shape index (κ3) is 4.90. The van der Waals surface area contributed by atoms with E-state index in [1.807, 2.05) is 42.5 Å². The minimum atomic E-state index is -0.151. The lowest BCUT2D eigenvalue weighted by atomic mass is 10.4. The van der Waals surface area contributed by atoms with Crippen molar-refractivity contribution in [3.05, 3.63) is 30.3 Å². The van der Waals surface area contributed by atoms with Gasteiger partial charge in [-0.2, -0.15) is 10.5 Å². The van der Waals surface area contributed by atoms with Gasteiger partial charge in [-0.05, 0) is 12.1 Å². The summed E-state index contributed by atoms with van der Waals surface area (Å²) in [6.45, 7) is -0.0508. The molecule has 1 amide bonds. The second-order valence-corrected chi connectivity index (χ2v) is 4.65. The number of carbonyl (C=O) groups is 1. The van der Waals surface area contributed by atoms with Gasteiger partial charge in [0.25, 0.3) is 0 Å². The fourth-order valence-corrected chi connectivity index (χ4v) is 2.20. The number of hydrogen-bond acceptors (Lipinski definition) is 4. The number of carbonyl (C=O) groups excluding carboxylic acids is 1. The Morgan fingerprint density at radius 3 is 2.33 bits per heavy atom. The lowest BCUT2D eigenvalue weighted by Gasteiger charge is -2.15. The fourth-order valence-electron chi connectivity index (χ4n) is 1.33. The second-order valence-electron chi connectivity index (χ2n) is 3.48. The van der Waals surface area contributed by atoms with Gasteiger partial charge in [-0.25, -0.2) is 0 Å². The topological polar surface area (TPSA) is 67.9 Å². The van der Waals surface area contributed by atoms with Crippen LogP contribution in [0.3, 0.4) is 0 Å². The average Bonchev–Trinajstić information content (AvgIpc) is 2.39. The SMILES string of the molecule is N#CCN(CC#N)C(=O)CCSc1ccccc1. The van der Waals surface area contributed by atoms with E-state index in [4.69, 9.17) is 10.5 Å². The van der Waals surface area contributed by atoms with E-state index < -0.39 is 0 Å². The van der Waals surface area contributed by atoms with Crippen LogP contribution in [-0.2, 0) is 4.79 Å². The molecule has 0 aromatic heterocycles. The largest absolute Gasteiger partial charge is 0.316 e. The molecule has 5 heteroatoms. The van der Waals surface area contributed by atoms with Gasteiger partial charge in [0.2, 0.25) is 5.91 Å². The summed E-state index contributed by atoms with van der Waals surface area (Å²) in [6, 6.07) is 13.6. The molecular formula is C13H13N3OS. The Bertz CT molecular complexity index is 445. The molecule has 0 aliphatic rings. The molecule has 0 N–H and O–H groups in total. The molecule has 0 aliphatic heterocycles. The highest BCUT2D eigenvalue weighted by molar-refractivity contribution is 7.99. The van der Waals surface area contributed by atoms with Crippen LogP contribution in [0.5, 0.6) is 0 Å². The number of nitrogens with zero attached hydrogens (tertiary/aromatic N) is 3. The molecule has 1 rings (SSSR count). The van der Waals surface area contributed by atoms with E-state index in [0.29, 0.717) is 12.2 Å². The first-order valence-electron chi connectivity index (χ1n) is 5.47. The zero-order valence-corrected chi connectivity index (χ0v) is 10.7. The molecule has 0 spiro atoms. The first-order chi connectivity index (χ1) is 8.77. The number of nitriles is 2. The van der Waals surface area contributed by atoms with E-state index in [9.17, 15) is 4.79 Å². The highest BCUT2D eigenvalue weighted by Gasteiger charge is 2.12. The van der Waals surface area contributed by atoms with E-state index in [1.165, 1.54) is 4.90 Å². The molecule has 0 saturated carbocycles. The van der Waals surface area contributed by atoms with Gasteiger partial charge in [0, 0.05) is 17.1 Å². The van der Waals surface area contributed by atoms with E-state index in [-0.39, 0.29) is 19.0 Å². The van der Waals surface area contributed by atoms with Crippen molar-refractivity contribution in [3.63, 3.8) is 0 Å². The van der Waals surface area contributed by atoms with Gasteiger partial charge in [-0.1, -0.05) is 18.2 Å². The molecule has 0 bridgehead atoms. The minimum Gasteiger partial charge on any atom is -0.316 e. The maximum absolute atomic E-state index is 11.7. The van der Waals surface area contributed by atoms with Crippen molar-refractivity contribution in [2.45, 2.75) is 11.3 Å². The predicted molar refractivity (Wildman–Crippen MR) is 69.6 cm³/mol. The quantitative estimate of drug-likeness (QED) is 0.579. The highest BCUT2D eigenvalue weighted by atomic mass is 32.2. The van der Waals surface area contributed by atoms with E-state index in [1.54, 1.807) is 11.8 Å². The number of benzene rings is 1. The first kappa shape index (κ1) is 14.1. The van der Waals surface area contributed by atoms with E-state index in [2.05, 4.69) is 0 Å². The van der Waals surface area contributed by atoms with E-state index >= 15 is 0 Å². The summed E-state index contributed by atoms with van der Waals surface area (Å²) in [5, 5.41) is 17.1. The Morgan fingerprint density at radius 1 is 1.17 bits per heavy atom. The van der Waals surface area contributed by atoms with Crippen molar-refractivity contribution in [2.75, 3.05) is 18.8 Å². The zero-order chi connectivity index (χ0) is 13.2. The van der Waals surface area contributed by atoms with Gasteiger partial charge in [0.1, 0.15) is 13.1 Å². The normalized spacial score (nSPS) is 9.22. The molecular weight excluding hydrogens is 246 g/mol. The van der Waals surface area contributed by atoms with E-state index in [0.717, 1.165) is 4.90 Å². The summed E-state index contributed by atoms with van der Waals surface area (Å²) in [7, 11) is 0. The van der Waals surface area contributed by atoms with Crippen LogP contribution in [0, 0.1) is 22.7 Å². The Labute approximate surface area is 111 Å². The molecule has 4 nitrogen and oxygen atoms in total. The Balaban J connectivity index is 2.36. The van der Waals surface area contributed by atoms with Crippen LogP contribution >= 0.6 is 11.8 Å². The molecule has 1 aromatic carbocycles.